The standard InChI is InChI=1S/C6H10O4/c7-5(8)3-1-2-4-6(9)10/h1-4H2,(H,7,8)(H,9,10)/i/hD. The van der Waals surface area contributed by atoms with Crippen molar-refractivity contribution in [2.45, 2.75) is 25.7 Å². The minimum atomic E-state index is -0.871. The molecule has 0 aliphatic carbocycles. The summed E-state index contributed by atoms with van der Waals surface area (Å²) >= 11 is 0. The van der Waals surface area contributed by atoms with Crippen LogP contribution in [0.15, 0.2) is 0 Å². The molecule has 2 N–H and O–H groups in total. The molecule has 0 radical (unpaired) electrons. The monoisotopic (exact) mass is 147 g/mol. The van der Waals surface area contributed by atoms with Gasteiger partial charge in [0.1, 0.15) is 0 Å². The number of hydrogen-bond donors (Lipinski definition) is 2. The average molecular weight is 147 g/mol. The Kier molecular flexibility index (Phi) is 3.37. The number of rotatable bonds is 5. The van der Waals surface area contributed by atoms with E-state index in [-0.39, 0.29) is 12.8 Å². The van der Waals surface area contributed by atoms with E-state index in [0.717, 1.165) is 0 Å². The first kappa shape index (κ1) is 7.05. The minimum absolute atomic E-state index is 0.0608. The quantitative estimate of drug-likeness (QED) is 0.562. The Morgan fingerprint density at radius 1 is 1.20 bits per heavy atom. The molecule has 0 rings (SSSR count). The lowest BCUT2D eigenvalue weighted by molar-refractivity contribution is -0.139. The second-order valence-electron chi connectivity index (χ2n) is 1.97. The molecule has 58 valence electrons. The average Bonchev–Trinajstić information content (AvgIpc) is 1.97. The van der Waals surface area contributed by atoms with Crippen LogP contribution in [0.25, 0.3) is 1.43 Å². The summed E-state index contributed by atoms with van der Waals surface area (Å²) in [4.78, 5) is 20.3. The Bertz CT molecular complexity index is 146. The van der Waals surface area contributed by atoms with Gasteiger partial charge in [-0.2, -0.15) is 0 Å². The summed E-state index contributed by atoms with van der Waals surface area (Å²) < 4.78 is 6.16. The van der Waals surface area contributed by atoms with Crippen molar-refractivity contribution in [3.05, 3.63) is 0 Å². The Hall–Kier alpha value is -1.06. The molecule has 0 aliphatic heterocycles. The highest BCUT2D eigenvalue weighted by atomic mass is 16.4. The van der Waals surface area contributed by atoms with Crippen LogP contribution in [0.3, 0.4) is 0 Å². The van der Waals surface area contributed by atoms with Gasteiger partial charge in [-0.1, -0.05) is 0 Å². The predicted octanol–water partition coefficient (Wildman–Crippen LogP) is 0.716. The summed E-state index contributed by atoms with van der Waals surface area (Å²) in [6, 6.07) is 0. The maximum atomic E-state index is 10.3. The van der Waals surface area contributed by atoms with Crippen LogP contribution in [0.2, 0.25) is 0 Å². The molecule has 0 aliphatic rings. The Morgan fingerprint density at radius 3 is 2.10 bits per heavy atom. The van der Waals surface area contributed by atoms with Gasteiger partial charge in [0.05, 0.1) is 0 Å². The van der Waals surface area contributed by atoms with Crippen molar-refractivity contribution in [1.82, 2.24) is 0 Å². The number of carboxylic acid groups (broad SMARTS) is 2. The zero-order chi connectivity index (χ0) is 8.69. The molecule has 0 saturated heterocycles. The van der Waals surface area contributed by atoms with Crippen molar-refractivity contribution >= 4 is 11.9 Å². The van der Waals surface area contributed by atoms with Gasteiger partial charge in [-0.3, -0.25) is 9.59 Å². The number of unbranched alkanes of at least 4 members (excludes halogenated alkanes) is 1. The van der Waals surface area contributed by atoms with Gasteiger partial charge in [-0.15, -0.1) is 0 Å². The highest BCUT2D eigenvalue weighted by Crippen LogP contribution is 1.98. The van der Waals surface area contributed by atoms with Gasteiger partial charge >= 0.3 is 11.9 Å². The van der Waals surface area contributed by atoms with Crippen molar-refractivity contribution in [2.24, 2.45) is 0 Å². The van der Waals surface area contributed by atoms with Gasteiger partial charge in [0, 0.05) is 12.8 Å². The summed E-state index contributed by atoms with van der Waals surface area (Å²) in [6.45, 7) is 0. The van der Waals surface area contributed by atoms with Crippen molar-refractivity contribution < 1.29 is 19.8 Å². The van der Waals surface area contributed by atoms with Gasteiger partial charge in [-0.05, 0) is 12.8 Å². The molecule has 4 nitrogen and oxygen atoms in total. The van der Waals surface area contributed by atoms with Gasteiger partial charge in [0.15, 0.2) is 0 Å². The van der Waals surface area contributed by atoms with E-state index >= 15 is 0 Å². The van der Waals surface area contributed by atoms with Crippen molar-refractivity contribution in [3.8, 4) is 0 Å². The zero-order valence-electron chi connectivity index (χ0n) is 6.50. The van der Waals surface area contributed by atoms with Crippen LogP contribution in [0, 0.1) is 0 Å². The van der Waals surface area contributed by atoms with E-state index in [2.05, 4.69) is 5.11 Å². The van der Waals surface area contributed by atoms with Gasteiger partial charge in [0.25, 0.3) is 1.43 Å². The molecule has 4 heteroatoms. The first-order valence-electron chi connectivity index (χ1n) is 3.45. The lowest BCUT2D eigenvalue weighted by atomic mass is 10.2. The number of carbonyl (C=O) groups is 2. The van der Waals surface area contributed by atoms with Crippen LogP contribution in [-0.2, 0) is 9.59 Å². The third kappa shape index (κ3) is 6.94. The smallest absolute Gasteiger partial charge is 0.303 e. The first-order chi connectivity index (χ1) is 5.16. The summed E-state index contributed by atoms with van der Waals surface area (Å²) in [6.07, 6.45) is 1.09. The third-order valence-electron chi connectivity index (χ3n) is 1.02. The number of carboxylic acids is 2. The second kappa shape index (κ2) is 4.78. The topological polar surface area (TPSA) is 74.6 Å². The van der Waals surface area contributed by atoms with Crippen molar-refractivity contribution in [3.63, 3.8) is 0 Å². The second-order valence-corrected chi connectivity index (χ2v) is 1.97. The van der Waals surface area contributed by atoms with E-state index in [1.165, 1.54) is 0 Å². The predicted molar refractivity (Wildman–Crippen MR) is 33.7 cm³/mol. The molecule has 0 atom stereocenters. The normalized spacial score (nSPS) is 10.2. The molecule has 0 heterocycles. The van der Waals surface area contributed by atoms with Gasteiger partial charge in [0.2, 0.25) is 0 Å². The fourth-order valence-corrected chi connectivity index (χ4v) is 0.546. The molecule has 0 aromatic rings. The van der Waals surface area contributed by atoms with Crippen LogP contribution < -0.4 is 0 Å². The van der Waals surface area contributed by atoms with E-state index in [0.29, 0.717) is 12.8 Å². The summed E-state index contributed by atoms with van der Waals surface area (Å²) in [5, 5.41) is 11.8. The van der Waals surface area contributed by atoms with Crippen molar-refractivity contribution in [2.75, 3.05) is 0 Å². The Labute approximate surface area is 60.0 Å². The highest BCUT2D eigenvalue weighted by molar-refractivity contribution is 5.67. The molecule has 0 aromatic carbocycles. The van der Waals surface area contributed by atoms with E-state index in [9.17, 15) is 9.59 Å². The maximum absolute atomic E-state index is 10.3. The SMILES string of the molecule is [2H]OC(=O)CCCCC(=O)O. The molecule has 0 unspecified atom stereocenters. The zero-order valence-corrected chi connectivity index (χ0v) is 5.50. The maximum Gasteiger partial charge on any atom is 0.303 e. The van der Waals surface area contributed by atoms with E-state index in [1.807, 2.05) is 0 Å². The van der Waals surface area contributed by atoms with Crippen LogP contribution in [0.4, 0.5) is 0 Å². The van der Waals surface area contributed by atoms with Gasteiger partial charge in [-0.25, -0.2) is 0 Å². The molecular weight excluding hydrogens is 136 g/mol. The molecule has 10 heavy (non-hydrogen) atoms. The number of hydrogen-bond acceptors (Lipinski definition) is 3. The van der Waals surface area contributed by atoms with Crippen LogP contribution >= 0.6 is 0 Å². The first-order valence-corrected chi connectivity index (χ1v) is 3.04. The number of aliphatic carboxylic acids is 2. The molecule has 0 saturated carbocycles. The fourth-order valence-electron chi connectivity index (χ4n) is 0.546. The largest absolute Gasteiger partial charge is 0.481 e. The summed E-state index contributed by atoms with van der Waals surface area (Å²) in [5.41, 5.74) is 0. The Balaban J connectivity index is 3.14. The van der Waals surface area contributed by atoms with Crippen LogP contribution in [0.1, 0.15) is 25.7 Å². The third-order valence-corrected chi connectivity index (χ3v) is 1.02. The highest BCUT2D eigenvalue weighted by Gasteiger charge is 1.99. The molecule has 0 fully saturated rings. The molecule has 0 spiro atoms. The molecule has 0 amide bonds. The Morgan fingerprint density at radius 2 is 1.70 bits per heavy atom. The van der Waals surface area contributed by atoms with Crippen LogP contribution in [-0.4, -0.2) is 22.2 Å². The van der Waals surface area contributed by atoms with Crippen molar-refractivity contribution in [1.29, 1.82) is 1.43 Å². The summed E-state index contributed by atoms with van der Waals surface area (Å²) in [5.74, 6) is -1.49. The summed E-state index contributed by atoms with van der Waals surface area (Å²) in [7, 11) is 0. The van der Waals surface area contributed by atoms with E-state index in [4.69, 9.17) is 6.54 Å². The molecular formula is C6H10O4. The van der Waals surface area contributed by atoms with E-state index in [1.54, 1.807) is 0 Å². The van der Waals surface area contributed by atoms with Crippen LogP contribution in [0.5, 0.6) is 0 Å². The fraction of sp³-hybridized carbons (Fsp3) is 0.667. The molecule has 0 aromatic heterocycles. The van der Waals surface area contributed by atoms with E-state index < -0.39 is 11.9 Å². The van der Waals surface area contributed by atoms with Gasteiger partial charge < -0.3 is 10.2 Å². The minimum Gasteiger partial charge on any atom is -0.481 e. The molecule has 0 bridgehead atoms. The lowest BCUT2D eigenvalue weighted by Crippen LogP contribution is -1.97. The lowest BCUT2D eigenvalue weighted by Gasteiger charge is -1.92.